The molecule has 24 heavy (non-hydrogen) atoms. The molecule has 0 radical (unpaired) electrons. The van der Waals surface area contributed by atoms with E-state index in [4.69, 9.17) is 0 Å². The number of hydrogen-bond donors (Lipinski definition) is 1. The van der Waals surface area contributed by atoms with Crippen molar-refractivity contribution >= 4 is 11.4 Å². The highest BCUT2D eigenvalue weighted by atomic mass is 15.3. The van der Waals surface area contributed by atoms with E-state index in [1.807, 2.05) is 30.3 Å². The Morgan fingerprint density at radius 1 is 1.00 bits per heavy atom. The van der Waals surface area contributed by atoms with E-state index in [1.54, 1.807) is 0 Å². The Hall–Kier alpha value is -2.60. The van der Waals surface area contributed by atoms with E-state index in [0.717, 1.165) is 17.0 Å². The fourth-order valence-corrected chi connectivity index (χ4v) is 2.86. The topological polar surface area (TPSA) is 28.8 Å². The van der Waals surface area contributed by atoms with Crippen molar-refractivity contribution in [1.82, 2.24) is 0 Å². The van der Waals surface area contributed by atoms with Crippen molar-refractivity contribution < 1.29 is 0 Å². The van der Waals surface area contributed by atoms with Gasteiger partial charge in [0.05, 0.1) is 5.69 Å². The Labute approximate surface area is 144 Å². The minimum absolute atomic E-state index is 0.395. The van der Waals surface area contributed by atoms with Crippen LogP contribution in [0.5, 0.6) is 0 Å². The summed E-state index contributed by atoms with van der Waals surface area (Å²) in [5.41, 5.74) is 7.09. The molecule has 0 aromatic heterocycles. The number of hydrogen-bond acceptors (Lipinski definition) is 2. The standard InChI is InChI=1S/C21H23N3/c1-17-12-14-18(15-13-17)21(16-22-19-8-4-2-5-9-19)24-23-20-10-6-3-7-11-20/h3,6-7,10-15,19H,2,4-5,8-9H2,1H3/p+1. The van der Waals surface area contributed by atoms with E-state index in [2.05, 4.69) is 52.6 Å². The van der Waals surface area contributed by atoms with Gasteiger partial charge >= 0.3 is 6.07 Å². The van der Waals surface area contributed by atoms with E-state index in [1.165, 1.54) is 37.7 Å². The Balaban J connectivity index is 1.82. The van der Waals surface area contributed by atoms with Crippen LogP contribution >= 0.6 is 0 Å². The van der Waals surface area contributed by atoms with E-state index in [-0.39, 0.29) is 0 Å². The minimum Gasteiger partial charge on any atom is -0.277 e. The van der Waals surface area contributed by atoms with Crippen LogP contribution in [0.15, 0.2) is 59.7 Å². The lowest BCUT2D eigenvalue weighted by atomic mass is 9.96. The third kappa shape index (κ3) is 4.70. The molecule has 0 aliphatic heterocycles. The lowest BCUT2D eigenvalue weighted by Gasteiger charge is -2.07. The second kappa shape index (κ2) is 8.31. The van der Waals surface area contributed by atoms with Gasteiger partial charge in [-0.3, -0.25) is 5.43 Å². The normalized spacial score (nSPS) is 15.5. The van der Waals surface area contributed by atoms with Crippen LogP contribution in [0, 0.1) is 13.0 Å². The smallest absolute Gasteiger partial charge is 0.277 e. The zero-order chi connectivity index (χ0) is 16.6. The fraction of sp³-hybridized carbons (Fsp3) is 0.333. The quantitative estimate of drug-likeness (QED) is 0.589. The summed E-state index contributed by atoms with van der Waals surface area (Å²) in [6, 6.07) is 21.9. The summed E-state index contributed by atoms with van der Waals surface area (Å²) in [5.74, 6) is 0. The second-order valence-electron chi connectivity index (χ2n) is 6.34. The molecule has 0 amide bonds. The van der Waals surface area contributed by atoms with Crippen LogP contribution in [-0.2, 0) is 0 Å². The number of aryl methyl sites for hydroxylation is 1. The molecule has 0 unspecified atom stereocenters. The number of nitrogens with one attached hydrogen (secondary N) is 1. The molecule has 0 heterocycles. The highest BCUT2D eigenvalue weighted by Gasteiger charge is 2.21. The first-order valence-electron chi connectivity index (χ1n) is 8.73. The number of nitrogens with zero attached hydrogens (tertiary/aromatic N) is 2. The maximum atomic E-state index is 4.67. The average Bonchev–Trinajstić information content (AvgIpc) is 2.64. The molecule has 3 nitrogen and oxygen atoms in total. The number of benzene rings is 2. The molecule has 1 aliphatic carbocycles. The number of para-hydroxylation sites is 1. The highest BCUT2D eigenvalue weighted by Crippen LogP contribution is 2.20. The van der Waals surface area contributed by atoms with Gasteiger partial charge in [-0.1, -0.05) is 59.3 Å². The van der Waals surface area contributed by atoms with Gasteiger partial charge < -0.3 is 0 Å². The van der Waals surface area contributed by atoms with E-state index < -0.39 is 0 Å². The van der Waals surface area contributed by atoms with E-state index in [9.17, 15) is 0 Å². The summed E-state index contributed by atoms with van der Waals surface area (Å²) in [7, 11) is 0. The van der Waals surface area contributed by atoms with Gasteiger partial charge in [0.2, 0.25) is 5.71 Å². The van der Waals surface area contributed by atoms with Gasteiger partial charge in [-0.15, -0.1) is 0 Å². The third-order valence-electron chi connectivity index (χ3n) is 4.32. The summed E-state index contributed by atoms with van der Waals surface area (Å²) in [5, 5.41) is 4.54. The maximum Gasteiger partial charge on any atom is 0.334 e. The number of hydrazone groups is 1. The first-order chi connectivity index (χ1) is 11.8. The molecule has 1 N–H and O–H groups in total. The van der Waals surface area contributed by atoms with Crippen LogP contribution in [0.1, 0.15) is 43.2 Å². The van der Waals surface area contributed by atoms with Crippen LogP contribution in [0.25, 0.3) is 4.85 Å². The van der Waals surface area contributed by atoms with Crippen molar-refractivity contribution in [3.8, 4) is 6.07 Å². The summed E-state index contributed by atoms with van der Waals surface area (Å²) in [4.78, 5) is 4.67. The molecule has 2 aromatic rings. The molecule has 0 atom stereocenters. The van der Waals surface area contributed by atoms with Crippen molar-refractivity contribution in [3.05, 3.63) is 70.6 Å². The van der Waals surface area contributed by atoms with Gasteiger partial charge in [0, 0.05) is 18.4 Å². The lowest BCUT2D eigenvalue weighted by Crippen LogP contribution is -2.08. The Kier molecular flexibility index (Phi) is 5.63. The maximum absolute atomic E-state index is 4.67. The predicted octanol–water partition coefficient (Wildman–Crippen LogP) is 5.48. The largest absolute Gasteiger partial charge is 0.334 e. The fourth-order valence-electron chi connectivity index (χ4n) is 2.86. The van der Waals surface area contributed by atoms with Gasteiger partial charge in [-0.2, -0.15) is 5.10 Å². The average molecular weight is 318 g/mol. The molecule has 2 aromatic carbocycles. The predicted molar refractivity (Wildman–Crippen MR) is 102 cm³/mol. The van der Waals surface area contributed by atoms with Crippen molar-refractivity contribution in [3.63, 3.8) is 0 Å². The van der Waals surface area contributed by atoms with Crippen LogP contribution in [-0.4, -0.2) is 11.8 Å². The summed E-state index contributed by atoms with van der Waals surface area (Å²) >= 11 is 0. The molecule has 0 bridgehead atoms. The molecule has 1 aliphatic rings. The summed E-state index contributed by atoms with van der Waals surface area (Å²) in [6.45, 7) is 2.09. The van der Waals surface area contributed by atoms with Crippen molar-refractivity contribution in [2.75, 3.05) is 5.43 Å². The van der Waals surface area contributed by atoms with Crippen molar-refractivity contribution in [2.45, 2.75) is 45.1 Å². The van der Waals surface area contributed by atoms with Crippen molar-refractivity contribution in [2.24, 2.45) is 5.10 Å². The third-order valence-corrected chi connectivity index (χ3v) is 4.32. The van der Waals surface area contributed by atoms with Gasteiger partial charge in [0.25, 0.3) is 6.04 Å². The zero-order valence-electron chi connectivity index (χ0n) is 14.2. The molecular formula is C21H24N3+. The highest BCUT2D eigenvalue weighted by molar-refractivity contribution is 6.12. The van der Waals surface area contributed by atoms with Crippen LogP contribution in [0.3, 0.4) is 0 Å². The molecule has 1 saturated carbocycles. The van der Waals surface area contributed by atoms with Crippen LogP contribution in [0.2, 0.25) is 0 Å². The molecule has 1 fully saturated rings. The first-order valence-corrected chi connectivity index (χ1v) is 8.73. The minimum atomic E-state index is 0.395. The van der Waals surface area contributed by atoms with Gasteiger partial charge in [-0.25, -0.2) is 0 Å². The Morgan fingerprint density at radius 3 is 2.42 bits per heavy atom. The van der Waals surface area contributed by atoms with Gasteiger partial charge in [0.15, 0.2) is 0 Å². The Bertz CT molecular complexity index is 730. The molecule has 0 spiro atoms. The van der Waals surface area contributed by atoms with Crippen LogP contribution < -0.4 is 5.43 Å². The summed E-state index contributed by atoms with van der Waals surface area (Å²) < 4.78 is 0. The Morgan fingerprint density at radius 2 is 1.71 bits per heavy atom. The lowest BCUT2D eigenvalue weighted by molar-refractivity contribution is 0.481. The molecule has 122 valence electrons. The zero-order valence-corrected chi connectivity index (χ0v) is 14.2. The summed E-state index contributed by atoms with van der Waals surface area (Å²) in [6.07, 6.45) is 6.21. The van der Waals surface area contributed by atoms with Gasteiger partial charge in [-0.05, 0) is 31.9 Å². The molecular weight excluding hydrogens is 294 g/mol. The number of anilines is 1. The molecule has 0 saturated heterocycles. The SMILES string of the molecule is Cc1ccc(/C(C#[N+]C2CCCCC2)=N/Nc2ccccc2)cc1. The number of rotatable bonds is 3. The molecule has 3 rings (SSSR count). The van der Waals surface area contributed by atoms with E-state index >= 15 is 0 Å². The molecule has 3 heteroatoms. The second-order valence-corrected chi connectivity index (χ2v) is 6.34. The van der Waals surface area contributed by atoms with Gasteiger partial charge in [0.1, 0.15) is 0 Å². The first kappa shape index (κ1) is 16.3. The van der Waals surface area contributed by atoms with Crippen molar-refractivity contribution in [1.29, 1.82) is 0 Å². The van der Waals surface area contributed by atoms with Crippen LogP contribution in [0.4, 0.5) is 5.69 Å². The monoisotopic (exact) mass is 318 g/mol. The van der Waals surface area contributed by atoms with E-state index in [0.29, 0.717) is 6.04 Å².